The summed E-state index contributed by atoms with van der Waals surface area (Å²) >= 11 is 0. The highest BCUT2D eigenvalue weighted by atomic mass is 32.2. The first-order valence-corrected chi connectivity index (χ1v) is 17.7. The van der Waals surface area contributed by atoms with Gasteiger partial charge in [0.15, 0.2) is 11.6 Å². The first kappa shape index (κ1) is 33.3. The third-order valence-electron chi connectivity index (χ3n) is 9.77. The van der Waals surface area contributed by atoms with Crippen LogP contribution in [0.15, 0.2) is 30.3 Å². The third-order valence-corrected chi connectivity index (χ3v) is 10.3. The van der Waals surface area contributed by atoms with Crippen LogP contribution in [0, 0.1) is 17.0 Å². The van der Waals surface area contributed by atoms with E-state index in [9.17, 15) is 22.4 Å². The number of hydrogen-bond acceptors (Lipinski definition) is 6. The fourth-order valence-corrected chi connectivity index (χ4v) is 7.63. The van der Waals surface area contributed by atoms with Gasteiger partial charge in [-0.25, -0.2) is 17.2 Å². The van der Waals surface area contributed by atoms with Crippen LogP contribution < -0.4 is 14.8 Å². The summed E-state index contributed by atoms with van der Waals surface area (Å²) in [6.07, 6.45) is 5.94. The molecular weight excluding hydrogens is 600 g/mol. The standard InChI is InChI=1S/C34H45F2N3O5S/c1-33(2)18-27(39(5)19-33)31(40)37-22-11-12-23(17-22)44-28-15-10-21(34(3,4)32(41)38-45(6,42)43)16-25(28)24-13-14-26(35)30(36)29(24)20-8-7-9-20/h10,13-16,20,22-23,27H,7-9,11-12,17-19H2,1-6H3,(H,37,40)(H,38,41)/t22-,23-,27+/m1/s1. The number of hydrogen-bond donors (Lipinski definition) is 2. The molecule has 5 rings (SSSR count). The molecule has 2 amide bonds. The van der Waals surface area contributed by atoms with Crippen molar-refractivity contribution in [3.63, 3.8) is 0 Å². The van der Waals surface area contributed by atoms with E-state index >= 15 is 4.39 Å². The molecule has 2 N–H and O–H groups in total. The average Bonchev–Trinajstić information content (AvgIpc) is 3.46. The van der Waals surface area contributed by atoms with Crippen molar-refractivity contribution < 1.29 is 31.5 Å². The van der Waals surface area contributed by atoms with E-state index in [2.05, 4.69) is 28.8 Å². The van der Waals surface area contributed by atoms with Crippen LogP contribution in [0.3, 0.4) is 0 Å². The molecule has 2 aromatic rings. The van der Waals surface area contributed by atoms with Gasteiger partial charge < -0.3 is 10.1 Å². The quantitative estimate of drug-likeness (QED) is 0.379. The molecule has 1 saturated heterocycles. The van der Waals surface area contributed by atoms with E-state index in [1.54, 1.807) is 38.1 Å². The Morgan fingerprint density at radius 1 is 1.04 bits per heavy atom. The molecule has 3 fully saturated rings. The molecule has 246 valence electrons. The van der Waals surface area contributed by atoms with Crippen LogP contribution >= 0.6 is 0 Å². The van der Waals surface area contributed by atoms with Crippen molar-refractivity contribution in [3.8, 4) is 16.9 Å². The van der Waals surface area contributed by atoms with Gasteiger partial charge in [0.1, 0.15) is 11.9 Å². The Balaban J connectivity index is 1.44. The number of carbonyl (C=O) groups excluding carboxylic acids is 2. The zero-order valence-electron chi connectivity index (χ0n) is 27.0. The van der Waals surface area contributed by atoms with E-state index in [0.717, 1.165) is 51.0 Å². The van der Waals surface area contributed by atoms with Gasteiger partial charge in [-0.1, -0.05) is 32.4 Å². The second-order valence-electron chi connectivity index (χ2n) is 14.5. The summed E-state index contributed by atoms with van der Waals surface area (Å²) in [5, 5.41) is 3.22. The molecule has 2 aromatic carbocycles. The van der Waals surface area contributed by atoms with Gasteiger partial charge in [-0.15, -0.1) is 0 Å². The largest absolute Gasteiger partial charge is 0.490 e. The third kappa shape index (κ3) is 7.19. The number of rotatable bonds is 9. The molecule has 3 aliphatic rings. The lowest BCUT2D eigenvalue weighted by atomic mass is 9.76. The van der Waals surface area contributed by atoms with Gasteiger partial charge in [0.25, 0.3) is 0 Å². The van der Waals surface area contributed by atoms with Gasteiger partial charge in [-0.05, 0) is 93.7 Å². The van der Waals surface area contributed by atoms with E-state index < -0.39 is 33.0 Å². The molecule has 1 aliphatic heterocycles. The van der Waals surface area contributed by atoms with E-state index in [4.69, 9.17) is 4.74 Å². The average molecular weight is 646 g/mol. The lowest BCUT2D eigenvalue weighted by molar-refractivity contribution is -0.126. The minimum Gasteiger partial charge on any atom is -0.490 e. The van der Waals surface area contributed by atoms with E-state index in [-0.39, 0.29) is 35.4 Å². The molecule has 3 atom stereocenters. The predicted molar refractivity (Wildman–Crippen MR) is 169 cm³/mol. The number of halogens is 2. The molecule has 45 heavy (non-hydrogen) atoms. The summed E-state index contributed by atoms with van der Waals surface area (Å²) < 4.78 is 62.2. The second-order valence-corrected chi connectivity index (χ2v) is 16.3. The summed E-state index contributed by atoms with van der Waals surface area (Å²) in [4.78, 5) is 28.3. The number of nitrogens with zero attached hydrogens (tertiary/aromatic N) is 1. The summed E-state index contributed by atoms with van der Waals surface area (Å²) in [5.74, 6) is -2.17. The monoisotopic (exact) mass is 645 g/mol. The number of likely N-dealkylation sites (N-methyl/N-ethyl adjacent to an activating group) is 1. The van der Waals surface area contributed by atoms with Crippen molar-refractivity contribution in [1.82, 2.24) is 14.9 Å². The molecule has 11 heteroatoms. The van der Waals surface area contributed by atoms with Crippen LogP contribution in [0.25, 0.3) is 11.1 Å². The maximum Gasteiger partial charge on any atom is 0.243 e. The van der Waals surface area contributed by atoms with E-state index in [0.29, 0.717) is 40.8 Å². The molecule has 1 heterocycles. The van der Waals surface area contributed by atoms with Crippen molar-refractivity contribution in [2.75, 3.05) is 19.8 Å². The van der Waals surface area contributed by atoms with Crippen LogP contribution in [0.4, 0.5) is 8.78 Å². The highest BCUT2D eigenvalue weighted by Crippen LogP contribution is 2.46. The summed E-state index contributed by atoms with van der Waals surface area (Å²) in [6.45, 7) is 8.42. The second kappa shape index (κ2) is 12.3. The van der Waals surface area contributed by atoms with Crippen LogP contribution in [0.5, 0.6) is 5.75 Å². The van der Waals surface area contributed by atoms with Gasteiger partial charge in [-0.2, -0.15) is 0 Å². The number of carbonyl (C=O) groups is 2. The zero-order valence-corrected chi connectivity index (χ0v) is 27.8. The number of ether oxygens (including phenoxy) is 1. The molecule has 0 unspecified atom stereocenters. The van der Waals surface area contributed by atoms with E-state index in [1.807, 2.05) is 7.05 Å². The Bertz CT molecular complexity index is 1590. The number of nitrogens with one attached hydrogen (secondary N) is 2. The maximum atomic E-state index is 15.4. The van der Waals surface area contributed by atoms with Crippen molar-refractivity contribution in [1.29, 1.82) is 0 Å². The summed E-state index contributed by atoms with van der Waals surface area (Å²) in [6, 6.07) is 7.59. The Kier molecular flexibility index (Phi) is 9.09. The summed E-state index contributed by atoms with van der Waals surface area (Å²) in [7, 11) is -1.82. The smallest absolute Gasteiger partial charge is 0.243 e. The van der Waals surface area contributed by atoms with Crippen LogP contribution in [-0.2, 0) is 25.0 Å². The Morgan fingerprint density at radius 2 is 1.76 bits per heavy atom. The minimum atomic E-state index is -3.80. The maximum absolute atomic E-state index is 15.4. The van der Waals surface area contributed by atoms with Crippen molar-refractivity contribution in [2.45, 2.75) is 102 Å². The van der Waals surface area contributed by atoms with Crippen molar-refractivity contribution in [2.24, 2.45) is 5.41 Å². The number of benzene rings is 2. The Labute approximate surface area is 265 Å². The lowest BCUT2D eigenvalue weighted by Crippen LogP contribution is -2.45. The SMILES string of the molecule is CN1CC(C)(C)C[C@H]1C(=O)N[C@@H]1CC[C@@H](Oc2ccc(C(C)(C)C(=O)NS(C)(=O)=O)cc2-c2ccc(F)c(F)c2C2CCC2)C1. The van der Waals surface area contributed by atoms with Gasteiger partial charge in [0.05, 0.1) is 17.7 Å². The Morgan fingerprint density at radius 3 is 2.36 bits per heavy atom. The Hall–Kier alpha value is -3.05. The number of likely N-dealkylation sites (tertiary alicyclic amines) is 1. The van der Waals surface area contributed by atoms with E-state index in [1.165, 1.54) is 0 Å². The first-order valence-electron chi connectivity index (χ1n) is 15.8. The lowest BCUT2D eigenvalue weighted by Gasteiger charge is -2.30. The molecule has 8 nitrogen and oxygen atoms in total. The van der Waals surface area contributed by atoms with Crippen molar-refractivity contribution >= 4 is 21.8 Å². The van der Waals surface area contributed by atoms with Crippen LogP contribution in [-0.4, -0.2) is 63.2 Å². The topological polar surface area (TPSA) is 105 Å². The number of sulfonamides is 1. The van der Waals surface area contributed by atoms with Gasteiger partial charge in [0.2, 0.25) is 21.8 Å². The fraction of sp³-hybridized carbons (Fsp3) is 0.588. The normalized spacial score (nSPS) is 23.9. The number of amides is 2. The molecule has 0 aromatic heterocycles. The fourth-order valence-electron chi connectivity index (χ4n) is 7.03. The minimum absolute atomic E-state index is 0.0281. The molecule has 2 aliphatic carbocycles. The highest BCUT2D eigenvalue weighted by Gasteiger charge is 2.41. The molecule has 0 bridgehead atoms. The molecule has 2 saturated carbocycles. The van der Waals surface area contributed by atoms with Gasteiger partial charge in [-0.3, -0.25) is 19.2 Å². The predicted octanol–water partition coefficient (Wildman–Crippen LogP) is 5.40. The molecule has 0 spiro atoms. The van der Waals surface area contributed by atoms with Crippen LogP contribution in [0.2, 0.25) is 0 Å². The van der Waals surface area contributed by atoms with Crippen molar-refractivity contribution in [3.05, 3.63) is 53.1 Å². The van der Waals surface area contributed by atoms with Gasteiger partial charge >= 0.3 is 0 Å². The first-order chi connectivity index (χ1) is 20.9. The van der Waals surface area contributed by atoms with Crippen LogP contribution in [0.1, 0.15) is 89.7 Å². The molecule has 0 radical (unpaired) electrons. The highest BCUT2D eigenvalue weighted by molar-refractivity contribution is 7.89. The zero-order chi connectivity index (χ0) is 32.9. The molecular formula is C34H45F2N3O5S. The summed E-state index contributed by atoms with van der Waals surface area (Å²) in [5.41, 5.74) is 0.604. The van der Waals surface area contributed by atoms with Gasteiger partial charge in [0, 0.05) is 30.1 Å².